The van der Waals surface area contributed by atoms with Gasteiger partial charge < -0.3 is 24.5 Å². The van der Waals surface area contributed by atoms with Gasteiger partial charge in [0, 0.05) is 43.2 Å². The lowest BCUT2D eigenvalue weighted by Crippen LogP contribution is -2.56. The fourth-order valence-corrected chi connectivity index (χ4v) is 9.43. The molecule has 8 nitrogen and oxygen atoms in total. The second-order valence-corrected chi connectivity index (χ2v) is 13.2. The first-order chi connectivity index (χ1) is 20.3. The monoisotopic (exact) mass is 597 g/mol. The van der Waals surface area contributed by atoms with E-state index in [4.69, 9.17) is 4.74 Å². The van der Waals surface area contributed by atoms with Crippen molar-refractivity contribution in [3.05, 3.63) is 49.6 Å². The summed E-state index contributed by atoms with van der Waals surface area (Å²) in [6, 6.07) is 6.81. The summed E-state index contributed by atoms with van der Waals surface area (Å²) in [4.78, 5) is 48.6. The van der Waals surface area contributed by atoms with Crippen LogP contribution in [-0.2, 0) is 14.4 Å². The van der Waals surface area contributed by atoms with Gasteiger partial charge in [-0.1, -0.05) is 25.5 Å². The van der Waals surface area contributed by atoms with Crippen molar-refractivity contribution in [3.63, 3.8) is 0 Å². The number of hydrogen-bond donors (Lipinski definition) is 1. The summed E-state index contributed by atoms with van der Waals surface area (Å²) in [5.41, 5.74) is 0.730. The molecule has 3 unspecified atom stereocenters. The second-order valence-electron chi connectivity index (χ2n) is 11.6. The molecule has 2 bridgehead atoms. The maximum atomic E-state index is 14.5. The molecule has 3 amide bonds. The van der Waals surface area contributed by atoms with Gasteiger partial charge >= 0.3 is 0 Å². The largest absolute Gasteiger partial charge is 0.494 e. The van der Waals surface area contributed by atoms with Gasteiger partial charge in [-0.15, -0.1) is 24.9 Å². The smallest absolute Gasteiger partial charge is 0.247 e. The van der Waals surface area contributed by atoms with E-state index in [1.165, 1.54) is 0 Å². The highest BCUT2D eigenvalue weighted by Crippen LogP contribution is 2.66. The number of amides is 3. The Kier molecular flexibility index (Phi) is 10.8. The molecule has 42 heavy (non-hydrogen) atoms. The van der Waals surface area contributed by atoms with E-state index in [-0.39, 0.29) is 35.6 Å². The van der Waals surface area contributed by atoms with Crippen LogP contribution in [-0.4, -0.2) is 87.6 Å². The van der Waals surface area contributed by atoms with E-state index < -0.39 is 22.6 Å². The van der Waals surface area contributed by atoms with Crippen molar-refractivity contribution >= 4 is 35.2 Å². The van der Waals surface area contributed by atoms with Gasteiger partial charge in [-0.2, -0.15) is 0 Å². The van der Waals surface area contributed by atoms with Crippen LogP contribution >= 0.6 is 11.8 Å². The minimum atomic E-state index is -0.650. The third-order valence-corrected chi connectivity index (χ3v) is 11.0. The van der Waals surface area contributed by atoms with E-state index in [0.717, 1.165) is 37.1 Å². The average Bonchev–Trinajstić information content (AvgIpc) is 3.62. The molecule has 0 radical (unpaired) electrons. The van der Waals surface area contributed by atoms with Crippen molar-refractivity contribution in [1.82, 2.24) is 9.80 Å². The Morgan fingerprint density at radius 1 is 1.17 bits per heavy atom. The molecule has 9 heteroatoms. The van der Waals surface area contributed by atoms with Crippen molar-refractivity contribution in [2.45, 2.75) is 81.4 Å². The molecule has 3 heterocycles. The summed E-state index contributed by atoms with van der Waals surface area (Å²) >= 11 is 1.69. The van der Waals surface area contributed by atoms with Gasteiger partial charge in [0.1, 0.15) is 11.8 Å². The van der Waals surface area contributed by atoms with E-state index in [1.54, 1.807) is 33.7 Å². The maximum Gasteiger partial charge on any atom is 0.247 e. The number of hydrogen-bond acceptors (Lipinski definition) is 6. The Bertz CT molecular complexity index is 1140. The molecule has 0 aromatic heterocycles. The fourth-order valence-electron chi connectivity index (χ4n) is 7.23. The van der Waals surface area contributed by atoms with Crippen molar-refractivity contribution in [1.29, 1.82) is 0 Å². The highest BCUT2D eigenvalue weighted by atomic mass is 32.2. The number of benzene rings is 1. The number of anilines is 1. The van der Waals surface area contributed by atoms with Crippen LogP contribution in [0.2, 0.25) is 0 Å². The molecule has 230 valence electrons. The first-order valence-electron chi connectivity index (χ1n) is 15.4. The molecule has 0 aliphatic carbocycles. The van der Waals surface area contributed by atoms with Gasteiger partial charge in [-0.25, -0.2) is 0 Å². The molecule has 0 saturated carbocycles. The Hall–Kier alpha value is -2.78. The lowest BCUT2D eigenvalue weighted by atomic mass is 9.70. The molecule has 3 saturated heterocycles. The lowest BCUT2D eigenvalue weighted by molar-refractivity contribution is -0.143. The third-order valence-electron chi connectivity index (χ3n) is 9.01. The number of thioether (sulfide) groups is 1. The summed E-state index contributed by atoms with van der Waals surface area (Å²) in [5.74, 6) is -0.616. The first-order valence-corrected chi connectivity index (χ1v) is 16.3. The molecule has 1 N–H and O–H groups in total. The lowest BCUT2D eigenvalue weighted by Gasteiger charge is -2.39. The number of fused-ring (bicyclic) bond motifs is 1. The molecule has 3 fully saturated rings. The van der Waals surface area contributed by atoms with Gasteiger partial charge in [0.2, 0.25) is 17.7 Å². The van der Waals surface area contributed by atoms with E-state index in [2.05, 4.69) is 27.0 Å². The molecular formula is C33H47N3O5S. The highest BCUT2D eigenvalue weighted by Gasteiger charge is 2.74. The predicted molar refractivity (Wildman–Crippen MR) is 169 cm³/mol. The number of aliphatic hydroxyl groups is 1. The summed E-state index contributed by atoms with van der Waals surface area (Å²) in [5, 5.41) is 9.43. The Morgan fingerprint density at radius 3 is 2.50 bits per heavy atom. The Morgan fingerprint density at radius 2 is 1.88 bits per heavy atom. The molecule has 4 rings (SSSR count). The maximum absolute atomic E-state index is 14.5. The number of carbonyl (C=O) groups is 3. The number of carbonyl (C=O) groups excluding carboxylic acids is 3. The van der Waals surface area contributed by atoms with Gasteiger partial charge in [0.15, 0.2) is 0 Å². The molecular weight excluding hydrogens is 550 g/mol. The van der Waals surface area contributed by atoms with E-state index >= 15 is 0 Å². The van der Waals surface area contributed by atoms with Crippen LogP contribution in [0.15, 0.2) is 49.6 Å². The van der Waals surface area contributed by atoms with Crippen LogP contribution < -0.4 is 9.64 Å². The van der Waals surface area contributed by atoms with Crippen LogP contribution in [0, 0.1) is 11.8 Å². The Labute approximate surface area is 255 Å². The normalized spacial score (nSPS) is 26.6. The molecule has 3 aliphatic heterocycles. The van der Waals surface area contributed by atoms with Gasteiger partial charge in [0.05, 0.1) is 23.2 Å². The molecule has 1 aromatic carbocycles. The number of unbranched alkanes of at least 4 members (excludes halogenated alkanes) is 1. The van der Waals surface area contributed by atoms with Crippen molar-refractivity contribution in [3.8, 4) is 5.75 Å². The van der Waals surface area contributed by atoms with Gasteiger partial charge in [-0.05, 0) is 70.2 Å². The van der Waals surface area contributed by atoms with Crippen LogP contribution in [0.3, 0.4) is 0 Å². The second kappa shape index (κ2) is 14.1. The van der Waals surface area contributed by atoms with E-state index in [1.807, 2.05) is 36.1 Å². The number of ether oxygens (including phenoxy) is 1. The Balaban J connectivity index is 1.71. The van der Waals surface area contributed by atoms with Crippen LogP contribution in [0.25, 0.3) is 0 Å². The number of likely N-dealkylation sites (tertiary alicyclic amines) is 1. The zero-order chi connectivity index (χ0) is 30.4. The SMILES string of the molecule is C=CCN(C(=O)[C@@H]1[C@H]2C(=O)N(CCCCO)C(C(=O)N(CC=C)C(C)CCC)C23CC[C@H]1S3)c1ccc(OCC)cc1. The zero-order valence-corrected chi connectivity index (χ0v) is 26.2. The fraction of sp³-hybridized carbons (Fsp3) is 0.606. The van der Waals surface area contributed by atoms with Gasteiger partial charge in [-0.3, -0.25) is 14.4 Å². The number of nitrogens with zero attached hydrogens (tertiary/aromatic N) is 3. The quantitative estimate of drug-likeness (QED) is 0.220. The van der Waals surface area contributed by atoms with E-state index in [9.17, 15) is 19.5 Å². The molecule has 1 aromatic rings. The molecule has 6 atom stereocenters. The van der Waals surface area contributed by atoms with Crippen molar-refractivity contribution < 1.29 is 24.2 Å². The zero-order valence-electron chi connectivity index (χ0n) is 25.4. The third kappa shape index (κ3) is 5.87. The molecule has 1 spiro atoms. The number of aliphatic hydroxyl groups excluding tert-OH is 1. The van der Waals surface area contributed by atoms with Crippen molar-refractivity contribution in [2.24, 2.45) is 11.8 Å². The minimum absolute atomic E-state index is 0.00844. The van der Waals surface area contributed by atoms with Crippen LogP contribution in [0.1, 0.15) is 59.3 Å². The summed E-state index contributed by atoms with van der Waals surface area (Å²) < 4.78 is 4.94. The summed E-state index contributed by atoms with van der Waals surface area (Å²) in [6.45, 7) is 15.6. The number of rotatable bonds is 16. The van der Waals surface area contributed by atoms with Gasteiger partial charge in [0.25, 0.3) is 0 Å². The first kappa shape index (κ1) is 32.1. The summed E-state index contributed by atoms with van der Waals surface area (Å²) in [7, 11) is 0. The predicted octanol–water partition coefficient (Wildman–Crippen LogP) is 4.67. The minimum Gasteiger partial charge on any atom is -0.494 e. The van der Waals surface area contributed by atoms with E-state index in [0.29, 0.717) is 39.1 Å². The highest BCUT2D eigenvalue weighted by molar-refractivity contribution is 8.02. The van der Waals surface area contributed by atoms with Crippen LogP contribution in [0.4, 0.5) is 5.69 Å². The molecule has 3 aliphatic rings. The van der Waals surface area contributed by atoms with Crippen LogP contribution in [0.5, 0.6) is 5.75 Å². The topological polar surface area (TPSA) is 90.4 Å². The van der Waals surface area contributed by atoms with Crippen molar-refractivity contribution in [2.75, 3.05) is 37.7 Å². The average molecular weight is 598 g/mol. The standard InChI is InChI=1S/C33H47N3O5S/c1-6-12-23(5)34(19-7-2)32(40)29-33-18-17-26(42-33)27(28(33)31(39)36(29)21-10-11-22-37)30(38)35(20-8-3)24-13-15-25(16-14-24)41-9-4/h7-8,13-16,23,26-29,37H,2-3,6,9-12,17-22H2,1,4-5H3/t23?,26-,27+,28+,29?,33?/m1/s1. The summed E-state index contributed by atoms with van der Waals surface area (Å²) in [6.07, 6.45) is 7.92.